The number of piperidine rings is 1. The molecule has 4 aromatic heterocycles. The van der Waals surface area contributed by atoms with Crippen molar-refractivity contribution in [1.82, 2.24) is 34.3 Å². The summed E-state index contributed by atoms with van der Waals surface area (Å²) in [7, 11) is 1.96. The Morgan fingerprint density at radius 2 is 1.35 bits per heavy atom. The van der Waals surface area contributed by atoms with Gasteiger partial charge in [0, 0.05) is 62.0 Å². The van der Waals surface area contributed by atoms with E-state index in [0.29, 0.717) is 5.92 Å². The van der Waals surface area contributed by atoms with E-state index in [1.807, 2.05) is 53.0 Å². The second-order valence-corrected chi connectivity index (χ2v) is 9.93. The maximum atomic E-state index is 10.6. The number of carboxylic acid groups (broad SMARTS) is 3. The average molecular weight is 716 g/mol. The highest BCUT2D eigenvalue weighted by Gasteiger charge is 2.39. The van der Waals surface area contributed by atoms with Crippen molar-refractivity contribution < 1.29 is 69.2 Å². The van der Waals surface area contributed by atoms with Crippen LogP contribution >= 0.6 is 0 Å². The van der Waals surface area contributed by atoms with Crippen molar-refractivity contribution in [3.8, 4) is 11.1 Å². The predicted octanol–water partition coefficient (Wildman–Crippen LogP) is 4.80. The number of aromatic nitrogens is 6. The second kappa shape index (κ2) is 16.7. The lowest BCUT2D eigenvalue weighted by Crippen LogP contribution is -2.34. The number of hydrogen-bond acceptors (Lipinski definition) is 8. The van der Waals surface area contributed by atoms with E-state index in [9.17, 15) is 39.5 Å². The Hall–Kier alpha value is -5.28. The van der Waals surface area contributed by atoms with Crippen LogP contribution < -0.4 is 0 Å². The number of alkyl halides is 9. The molecule has 13 nitrogen and oxygen atoms in total. The Morgan fingerprint density at radius 1 is 0.816 bits per heavy atom. The lowest BCUT2D eigenvalue weighted by molar-refractivity contribution is -0.193. The van der Waals surface area contributed by atoms with Gasteiger partial charge < -0.3 is 15.3 Å². The van der Waals surface area contributed by atoms with E-state index in [4.69, 9.17) is 39.8 Å². The quantitative estimate of drug-likeness (QED) is 0.248. The minimum absolute atomic E-state index is 0.370. The topological polar surface area (TPSA) is 176 Å². The fourth-order valence-corrected chi connectivity index (χ4v) is 4.01. The first kappa shape index (κ1) is 39.9. The zero-order valence-electron chi connectivity index (χ0n) is 24.9. The highest BCUT2D eigenvalue weighted by Crippen LogP contribution is 2.27. The van der Waals surface area contributed by atoms with E-state index in [0.717, 1.165) is 48.7 Å². The molecule has 0 bridgehead atoms. The average Bonchev–Trinajstić information content (AvgIpc) is 3.62. The molecule has 1 fully saturated rings. The second-order valence-electron chi connectivity index (χ2n) is 9.93. The third kappa shape index (κ3) is 13.4. The van der Waals surface area contributed by atoms with E-state index in [2.05, 4.69) is 33.4 Å². The summed E-state index contributed by atoms with van der Waals surface area (Å²) in [5.74, 6) is -6.95. The number of pyridine rings is 2. The lowest BCUT2D eigenvalue weighted by Gasteiger charge is -2.30. The first-order valence-corrected chi connectivity index (χ1v) is 13.4. The Bertz CT molecular complexity index is 1630. The van der Waals surface area contributed by atoms with E-state index >= 15 is 0 Å². The van der Waals surface area contributed by atoms with Crippen LogP contribution in [0.25, 0.3) is 16.8 Å². The van der Waals surface area contributed by atoms with E-state index < -0.39 is 36.4 Å². The molecule has 1 saturated heterocycles. The van der Waals surface area contributed by atoms with Crippen LogP contribution in [-0.2, 0) is 28.0 Å². The molecule has 0 amide bonds. The molecule has 3 N–H and O–H groups in total. The van der Waals surface area contributed by atoms with Crippen molar-refractivity contribution in [3.63, 3.8) is 0 Å². The molecule has 1 aliphatic heterocycles. The van der Waals surface area contributed by atoms with Gasteiger partial charge in [0.2, 0.25) is 0 Å². The molecule has 268 valence electrons. The third-order valence-corrected chi connectivity index (χ3v) is 6.12. The van der Waals surface area contributed by atoms with E-state index in [-0.39, 0.29) is 0 Å². The summed E-state index contributed by atoms with van der Waals surface area (Å²) in [5, 5.41) is 30.5. The minimum Gasteiger partial charge on any atom is -0.475 e. The lowest BCUT2D eigenvalue weighted by atomic mass is 9.97. The number of likely N-dealkylation sites (tertiary alicyclic amines) is 1. The van der Waals surface area contributed by atoms with Crippen LogP contribution in [0.2, 0.25) is 0 Å². The molecule has 5 rings (SSSR count). The van der Waals surface area contributed by atoms with Gasteiger partial charge in [0.25, 0.3) is 0 Å². The Balaban J connectivity index is 0.000000325. The van der Waals surface area contributed by atoms with Crippen LogP contribution in [0.5, 0.6) is 0 Å². The number of rotatable bonds is 4. The molecular formula is C27H26F9N7O6. The van der Waals surface area contributed by atoms with Gasteiger partial charge in [0.15, 0.2) is 11.5 Å². The molecule has 49 heavy (non-hydrogen) atoms. The highest BCUT2D eigenvalue weighted by molar-refractivity contribution is 5.73. The maximum absolute atomic E-state index is 10.6. The van der Waals surface area contributed by atoms with Crippen molar-refractivity contribution in [1.29, 1.82) is 0 Å². The predicted molar refractivity (Wildman–Crippen MR) is 148 cm³/mol. The van der Waals surface area contributed by atoms with Gasteiger partial charge in [-0.05, 0) is 49.2 Å². The number of aliphatic carboxylic acids is 3. The molecule has 0 aliphatic carbocycles. The molecule has 1 aliphatic rings. The number of halogens is 9. The zero-order chi connectivity index (χ0) is 37.2. The van der Waals surface area contributed by atoms with Crippen LogP contribution in [-0.4, -0.2) is 99.1 Å². The molecule has 0 aromatic carbocycles. The first-order valence-electron chi connectivity index (χ1n) is 13.4. The molecule has 4 aromatic rings. The third-order valence-electron chi connectivity index (χ3n) is 6.12. The number of aryl methyl sites for hydroxylation is 1. The van der Waals surface area contributed by atoms with Gasteiger partial charge >= 0.3 is 36.4 Å². The van der Waals surface area contributed by atoms with Crippen molar-refractivity contribution in [2.45, 2.75) is 43.8 Å². The molecule has 1 atom stereocenters. The standard InChI is InChI=1S/C21H23N7.3C2HF3O2/c1-26-12-16(11-23-26)13-27-10-2-3-19(14-27)21-24-20-5-4-18(15-28(20)25-21)17-6-8-22-9-7-17;3*3-2(4,5)1(6)7/h4-9,11-12,15,19H,2-3,10,13-14H2,1H3;3*(H,6,7). The number of carbonyl (C=O) groups is 3. The van der Waals surface area contributed by atoms with Crippen molar-refractivity contribution in [3.05, 3.63) is 66.6 Å². The fraction of sp³-hybridized carbons (Fsp3) is 0.370. The molecule has 0 saturated carbocycles. The van der Waals surface area contributed by atoms with E-state index in [1.165, 1.54) is 12.0 Å². The van der Waals surface area contributed by atoms with Crippen LogP contribution in [0, 0.1) is 0 Å². The smallest absolute Gasteiger partial charge is 0.475 e. The van der Waals surface area contributed by atoms with E-state index in [1.54, 1.807) is 0 Å². The zero-order valence-corrected chi connectivity index (χ0v) is 24.9. The van der Waals surface area contributed by atoms with Crippen molar-refractivity contribution >= 4 is 23.6 Å². The highest BCUT2D eigenvalue weighted by atomic mass is 19.4. The monoisotopic (exact) mass is 715 g/mol. The molecular weight excluding hydrogens is 689 g/mol. The molecule has 1 unspecified atom stereocenters. The number of nitrogens with zero attached hydrogens (tertiary/aromatic N) is 7. The summed E-state index contributed by atoms with van der Waals surface area (Å²) in [6.07, 6.45) is -3.23. The van der Waals surface area contributed by atoms with Gasteiger partial charge in [-0.2, -0.15) is 49.7 Å². The summed E-state index contributed by atoms with van der Waals surface area (Å²) in [5.41, 5.74) is 4.41. The van der Waals surface area contributed by atoms with Crippen LogP contribution in [0.3, 0.4) is 0 Å². The summed E-state index contributed by atoms with van der Waals surface area (Å²) < 4.78 is 99.0. The van der Waals surface area contributed by atoms with Gasteiger partial charge in [-0.25, -0.2) is 23.9 Å². The first-order chi connectivity index (χ1) is 22.6. The minimum atomic E-state index is -5.08. The maximum Gasteiger partial charge on any atom is 0.490 e. The summed E-state index contributed by atoms with van der Waals surface area (Å²) >= 11 is 0. The number of carboxylic acids is 3. The van der Waals surface area contributed by atoms with Crippen molar-refractivity contribution in [2.24, 2.45) is 7.05 Å². The van der Waals surface area contributed by atoms with Crippen LogP contribution in [0.1, 0.15) is 30.1 Å². The van der Waals surface area contributed by atoms with Gasteiger partial charge in [-0.15, -0.1) is 0 Å². The molecule has 5 heterocycles. The summed E-state index contributed by atoms with van der Waals surface area (Å²) in [4.78, 5) is 38.1. The van der Waals surface area contributed by atoms with Gasteiger partial charge in [-0.1, -0.05) is 0 Å². The Labute approximate surface area is 269 Å². The van der Waals surface area contributed by atoms with Gasteiger partial charge in [-0.3, -0.25) is 14.6 Å². The van der Waals surface area contributed by atoms with Crippen LogP contribution in [0.15, 0.2) is 55.2 Å². The molecule has 0 spiro atoms. The largest absolute Gasteiger partial charge is 0.490 e. The number of fused-ring (bicyclic) bond motifs is 1. The number of hydrogen-bond donors (Lipinski definition) is 3. The summed E-state index contributed by atoms with van der Waals surface area (Å²) in [6, 6.07) is 8.16. The molecule has 0 radical (unpaired) electrons. The molecule has 22 heteroatoms. The fourth-order valence-electron chi connectivity index (χ4n) is 4.01. The SMILES string of the molecule is Cn1cc(CN2CCCC(c3nc4ccc(-c5ccncc5)cn4n3)C2)cn1.O=C(O)C(F)(F)F.O=C(O)C(F)(F)F.O=C(O)C(F)(F)F. The normalized spacial score (nSPS) is 15.1. The van der Waals surface area contributed by atoms with Gasteiger partial charge in [0.05, 0.1) is 6.20 Å². The Morgan fingerprint density at radius 3 is 1.82 bits per heavy atom. The van der Waals surface area contributed by atoms with Crippen LogP contribution in [0.4, 0.5) is 39.5 Å². The summed E-state index contributed by atoms with van der Waals surface area (Å²) in [6.45, 7) is 3.04. The Kier molecular flexibility index (Phi) is 13.6. The van der Waals surface area contributed by atoms with Crippen molar-refractivity contribution in [2.75, 3.05) is 13.1 Å². The van der Waals surface area contributed by atoms with Gasteiger partial charge in [0.1, 0.15) is 0 Å².